The molecule has 4 heterocycles. The van der Waals surface area contributed by atoms with Crippen molar-refractivity contribution in [3.05, 3.63) is 54.1 Å². The van der Waals surface area contributed by atoms with Gasteiger partial charge in [0.25, 0.3) is 0 Å². The minimum Gasteiger partial charge on any atom is -0.363 e. The maximum Gasteiger partial charge on any atom is 0.223 e. The first-order valence-corrected chi connectivity index (χ1v) is 10.8. The van der Waals surface area contributed by atoms with Gasteiger partial charge in [-0.25, -0.2) is 14.6 Å². The van der Waals surface area contributed by atoms with Crippen molar-refractivity contribution in [2.75, 3.05) is 24.3 Å². The second kappa shape index (κ2) is 7.59. The zero-order chi connectivity index (χ0) is 21.5. The van der Waals surface area contributed by atoms with Gasteiger partial charge in [-0.05, 0) is 37.1 Å². The van der Waals surface area contributed by atoms with Crippen LogP contribution in [0.25, 0.3) is 27.5 Å². The first-order valence-electron chi connectivity index (χ1n) is 9.95. The summed E-state index contributed by atoms with van der Waals surface area (Å²) in [6.45, 7) is 1.49. The Kier molecular flexibility index (Phi) is 4.74. The Labute approximate surface area is 183 Å². The smallest absolute Gasteiger partial charge is 0.223 e. The fourth-order valence-electron chi connectivity index (χ4n) is 3.76. The monoisotopic (exact) mass is 431 g/mol. The lowest BCUT2D eigenvalue weighted by molar-refractivity contribution is -0.114. The van der Waals surface area contributed by atoms with Gasteiger partial charge in [-0.15, -0.1) is 0 Å². The van der Waals surface area contributed by atoms with Crippen LogP contribution in [-0.2, 0) is 17.6 Å². The molecule has 4 aromatic heterocycles. The van der Waals surface area contributed by atoms with Crippen LogP contribution in [0.2, 0.25) is 0 Å². The molecule has 0 spiro atoms. The molecule has 1 N–H and O–H groups in total. The summed E-state index contributed by atoms with van der Waals surface area (Å²) < 4.78 is 1.94. The van der Waals surface area contributed by atoms with Crippen LogP contribution in [0.15, 0.2) is 42.9 Å². The second-order valence-corrected chi connectivity index (χ2v) is 8.57. The number of carbonyl (C=O) groups is 1. The first-order chi connectivity index (χ1) is 15.0. The van der Waals surface area contributed by atoms with Crippen LogP contribution in [0.1, 0.15) is 18.2 Å². The maximum absolute atomic E-state index is 11.6. The highest BCUT2D eigenvalue weighted by Gasteiger charge is 2.30. The van der Waals surface area contributed by atoms with Gasteiger partial charge >= 0.3 is 0 Å². The van der Waals surface area contributed by atoms with Crippen LogP contribution >= 0.6 is 11.3 Å². The summed E-state index contributed by atoms with van der Waals surface area (Å²) in [6, 6.07) is 7.95. The molecule has 1 amide bonds. The molecule has 0 bridgehead atoms. The Morgan fingerprint density at radius 1 is 1.19 bits per heavy atom. The number of hydrogen-bond donors (Lipinski definition) is 1. The number of thiazole rings is 1. The highest BCUT2D eigenvalue weighted by Crippen LogP contribution is 2.44. The molecular formula is C22H21N7OS. The van der Waals surface area contributed by atoms with Gasteiger partial charge in [0.2, 0.25) is 5.91 Å². The molecule has 0 radical (unpaired) electrons. The van der Waals surface area contributed by atoms with E-state index in [1.807, 2.05) is 60.3 Å². The van der Waals surface area contributed by atoms with E-state index < -0.39 is 0 Å². The molecule has 0 atom stereocenters. The zero-order valence-electron chi connectivity index (χ0n) is 17.5. The second-order valence-electron chi connectivity index (χ2n) is 7.57. The van der Waals surface area contributed by atoms with Gasteiger partial charge in [-0.2, -0.15) is 5.10 Å². The summed E-state index contributed by atoms with van der Waals surface area (Å²) in [5.41, 5.74) is 5.92. The highest BCUT2D eigenvalue weighted by molar-refractivity contribution is 7.19. The Morgan fingerprint density at radius 2 is 2.06 bits per heavy atom. The number of carbonyl (C=O) groups excluding carboxylic acids is 1. The topological polar surface area (TPSA) is 88.8 Å². The number of amides is 1. The number of nitrogens with one attached hydrogen (secondary N) is 1. The Bertz CT molecular complexity index is 1260. The molecule has 0 saturated heterocycles. The Morgan fingerprint density at radius 3 is 2.74 bits per heavy atom. The third-order valence-electron chi connectivity index (χ3n) is 5.16. The van der Waals surface area contributed by atoms with E-state index in [1.54, 1.807) is 6.20 Å². The lowest BCUT2D eigenvalue weighted by atomic mass is 9.95. The molecule has 4 aromatic rings. The van der Waals surface area contributed by atoms with Crippen LogP contribution in [-0.4, -0.2) is 44.7 Å². The van der Waals surface area contributed by atoms with Gasteiger partial charge < -0.3 is 10.2 Å². The summed E-state index contributed by atoms with van der Waals surface area (Å²) in [5.74, 6) is 0.753. The number of aromatic nitrogens is 5. The average molecular weight is 432 g/mol. The lowest BCUT2D eigenvalue weighted by Gasteiger charge is -2.15. The third-order valence-corrected chi connectivity index (χ3v) is 6.18. The zero-order valence-corrected chi connectivity index (χ0v) is 18.3. The van der Waals surface area contributed by atoms with Crippen molar-refractivity contribution in [3.63, 3.8) is 0 Å². The number of pyridine rings is 2. The molecule has 0 unspecified atom stereocenters. The van der Waals surface area contributed by atoms with Crippen LogP contribution in [0.5, 0.6) is 0 Å². The van der Waals surface area contributed by atoms with Crippen molar-refractivity contribution < 1.29 is 4.79 Å². The van der Waals surface area contributed by atoms with Gasteiger partial charge in [0.1, 0.15) is 5.82 Å². The Balaban J connectivity index is 1.70. The number of nitrogens with zero attached hydrogens (tertiary/aromatic N) is 6. The molecule has 156 valence electrons. The van der Waals surface area contributed by atoms with E-state index in [2.05, 4.69) is 20.3 Å². The summed E-state index contributed by atoms with van der Waals surface area (Å²) in [6.07, 6.45) is 7.05. The highest BCUT2D eigenvalue weighted by atomic mass is 32.1. The fourth-order valence-corrected chi connectivity index (χ4v) is 4.88. The maximum atomic E-state index is 11.6. The summed E-state index contributed by atoms with van der Waals surface area (Å²) >= 11 is 1.48. The molecule has 0 aliphatic heterocycles. The van der Waals surface area contributed by atoms with E-state index in [0.29, 0.717) is 5.13 Å². The predicted molar refractivity (Wildman–Crippen MR) is 122 cm³/mol. The number of fused-ring (bicyclic) bond motifs is 3. The SMILES string of the molecule is CC(=O)Nc1nc2c(s1)-c1c(c(-c3cccnc3)nn1-c1ccc(N(C)C)nc1)CC2. The molecular weight excluding hydrogens is 410 g/mol. The normalized spacial score (nSPS) is 12.2. The molecule has 31 heavy (non-hydrogen) atoms. The van der Waals surface area contributed by atoms with Crippen molar-refractivity contribution in [3.8, 4) is 27.5 Å². The van der Waals surface area contributed by atoms with Gasteiger partial charge in [0.05, 0.1) is 33.8 Å². The van der Waals surface area contributed by atoms with Gasteiger partial charge in [0, 0.05) is 44.5 Å². The van der Waals surface area contributed by atoms with E-state index in [1.165, 1.54) is 18.3 Å². The van der Waals surface area contributed by atoms with E-state index in [4.69, 9.17) is 5.10 Å². The molecule has 1 aliphatic carbocycles. The number of aryl methyl sites for hydroxylation is 1. The van der Waals surface area contributed by atoms with Gasteiger partial charge in [-0.1, -0.05) is 11.3 Å². The predicted octanol–water partition coefficient (Wildman–Crippen LogP) is 3.58. The molecule has 0 aromatic carbocycles. The van der Waals surface area contributed by atoms with Crippen molar-refractivity contribution in [1.29, 1.82) is 0 Å². The van der Waals surface area contributed by atoms with E-state index >= 15 is 0 Å². The molecule has 0 fully saturated rings. The van der Waals surface area contributed by atoms with E-state index in [9.17, 15) is 4.79 Å². The van der Waals surface area contributed by atoms with Crippen LogP contribution in [0, 0.1) is 0 Å². The summed E-state index contributed by atoms with van der Waals surface area (Å²) in [7, 11) is 3.93. The van der Waals surface area contributed by atoms with Crippen molar-refractivity contribution in [2.45, 2.75) is 19.8 Å². The third kappa shape index (κ3) is 3.46. The minimum atomic E-state index is -0.126. The molecule has 8 nitrogen and oxygen atoms in total. The van der Waals surface area contributed by atoms with Crippen molar-refractivity contribution >= 4 is 28.2 Å². The van der Waals surface area contributed by atoms with Gasteiger partial charge in [-0.3, -0.25) is 9.78 Å². The quantitative estimate of drug-likeness (QED) is 0.531. The molecule has 1 aliphatic rings. The summed E-state index contributed by atoms with van der Waals surface area (Å²) in [5, 5.41) is 8.42. The van der Waals surface area contributed by atoms with E-state index in [-0.39, 0.29) is 5.91 Å². The fraction of sp³-hybridized carbons (Fsp3) is 0.227. The number of hydrogen-bond acceptors (Lipinski definition) is 7. The molecule has 5 rings (SSSR count). The standard InChI is InChI=1S/C22H21N7OS/c1-13(30)25-22-26-17-8-7-16-19(14-5-4-10-23-11-14)27-29(20(16)21(17)31-22)15-6-9-18(24-12-15)28(2)3/h4-6,9-12H,7-8H2,1-3H3,(H,25,26,30). The number of anilines is 2. The van der Waals surface area contributed by atoms with Gasteiger partial charge in [0.15, 0.2) is 5.13 Å². The largest absolute Gasteiger partial charge is 0.363 e. The van der Waals surface area contributed by atoms with Crippen molar-refractivity contribution in [2.24, 2.45) is 0 Å². The number of rotatable bonds is 4. The Hall–Kier alpha value is -3.59. The van der Waals surface area contributed by atoms with Crippen LogP contribution < -0.4 is 10.2 Å². The van der Waals surface area contributed by atoms with Crippen LogP contribution in [0.4, 0.5) is 10.9 Å². The van der Waals surface area contributed by atoms with Crippen molar-refractivity contribution in [1.82, 2.24) is 24.7 Å². The molecule has 0 saturated carbocycles. The average Bonchev–Trinajstić information content (AvgIpc) is 3.34. The summed E-state index contributed by atoms with van der Waals surface area (Å²) in [4.78, 5) is 28.1. The lowest BCUT2D eigenvalue weighted by Crippen LogP contribution is -2.11. The van der Waals surface area contributed by atoms with E-state index in [0.717, 1.165) is 57.4 Å². The minimum absolute atomic E-state index is 0.126. The first kappa shape index (κ1) is 19.4. The molecule has 9 heteroatoms. The van der Waals surface area contributed by atoms with Crippen LogP contribution in [0.3, 0.4) is 0 Å².